The van der Waals surface area contributed by atoms with Crippen LogP contribution < -0.4 is 7.74 Å². The molecule has 0 bridgehead atoms. The van der Waals surface area contributed by atoms with Gasteiger partial charge in [0, 0.05) is 0 Å². The van der Waals surface area contributed by atoms with Crippen molar-refractivity contribution in [2.45, 2.75) is 36.1 Å². The summed E-state index contributed by atoms with van der Waals surface area (Å²) in [7, 11) is 0. The summed E-state index contributed by atoms with van der Waals surface area (Å²) >= 11 is -2.56. The van der Waals surface area contributed by atoms with Crippen LogP contribution >= 0.6 is 0 Å². The molecule has 31 heavy (non-hydrogen) atoms. The van der Waals surface area contributed by atoms with Gasteiger partial charge in [0.1, 0.15) is 0 Å². The van der Waals surface area contributed by atoms with Gasteiger partial charge < -0.3 is 0 Å². The minimum absolute atomic E-state index is 1.10. The number of rotatable bonds is 4. The van der Waals surface area contributed by atoms with Gasteiger partial charge in [-0.15, -0.1) is 0 Å². The molecule has 0 spiro atoms. The predicted molar refractivity (Wildman–Crippen MR) is 130 cm³/mol. The molecule has 0 unspecified atom stereocenters. The first kappa shape index (κ1) is 19.3. The van der Waals surface area contributed by atoms with Gasteiger partial charge in [0.25, 0.3) is 0 Å². The number of fused-ring (bicyclic) bond motifs is 6. The van der Waals surface area contributed by atoms with Crippen LogP contribution in [0, 0.1) is 0 Å². The van der Waals surface area contributed by atoms with E-state index in [4.69, 9.17) is 0 Å². The van der Waals surface area contributed by atoms with Gasteiger partial charge >= 0.3 is 190 Å². The molecule has 0 fully saturated rings. The van der Waals surface area contributed by atoms with E-state index in [-0.39, 0.29) is 0 Å². The molecule has 0 atom stereocenters. The topological polar surface area (TPSA) is 0 Å². The Bertz CT molecular complexity index is 1210. The molecule has 0 saturated carbocycles. The molecule has 152 valence electrons. The van der Waals surface area contributed by atoms with Crippen molar-refractivity contribution in [3.8, 4) is 22.3 Å². The Labute approximate surface area is 189 Å². The van der Waals surface area contributed by atoms with Crippen molar-refractivity contribution >= 4 is 7.74 Å². The van der Waals surface area contributed by atoms with Crippen LogP contribution in [-0.2, 0) is 29.4 Å². The Morgan fingerprint density at radius 3 is 1.39 bits per heavy atom. The van der Waals surface area contributed by atoms with Crippen LogP contribution in [-0.4, -0.2) is 0 Å². The molecule has 0 heterocycles. The molecule has 1 heteroatoms. The molecule has 2 aliphatic carbocycles. The number of hydrogen-bond acceptors (Lipinski definition) is 0. The first-order valence-electron chi connectivity index (χ1n) is 11.7. The first-order chi connectivity index (χ1) is 15.3. The van der Waals surface area contributed by atoms with Crippen molar-refractivity contribution in [3.05, 3.63) is 107 Å². The summed E-state index contributed by atoms with van der Waals surface area (Å²) in [6, 6.07) is 32.4. The third kappa shape index (κ3) is 2.72. The van der Waals surface area contributed by atoms with E-state index in [0.29, 0.717) is 0 Å². The predicted octanol–water partition coefficient (Wildman–Crippen LogP) is 6.81. The van der Waals surface area contributed by atoms with Crippen LogP contribution in [0.1, 0.15) is 36.1 Å². The Balaban J connectivity index is 1.58. The van der Waals surface area contributed by atoms with Crippen LogP contribution in [0.2, 0.25) is 9.45 Å². The molecule has 0 N–H and O–H groups in total. The fourth-order valence-electron chi connectivity index (χ4n) is 6.37. The average molecular weight is 436 g/mol. The second-order valence-electron chi connectivity index (χ2n) is 9.12. The Morgan fingerprint density at radius 1 is 0.516 bits per heavy atom. The maximum atomic E-state index is 2.50. The Morgan fingerprint density at radius 2 is 0.935 bits per heavy atom. The van der Waals surface area contributed by atoms with Crippen molar-refractivity contribution < 1.29 is 16.6 Å². The van der Waals surface area contributed by atoms with Crippen LogP contribution in [0.15, 0.2) is 84.9 Å². The van der Waals surface area contributed by atoms with Crippen molar-refractivity contribution in [2.75, 3.05) is 0 Å². The van der Waals surface area contributed by atoms with E-state index < -0.39 is 16.6 Å². The fraction of sp³-hybridized carbons (Fsp3) is 0.200. The zero-order chi connectivity index (χ0) is 21.0. The van der Waals surface area contributed by atoms with Crippen LogP contribution in [0.4, 0.5) is 0 Å². The van der Waals surface area contributed by atoms with Gasteiger partial charge in [0.05, 0.1) is 0 Å². The van der Waals surface area contributed by atoms with Gasteiger partial charge in [0.15, 0.2) is 0 Å². The van der Waals surface area contributed by atoms with Gasteiger partial charge in [-0.2, -0.15) is 0 Å². The van der Waals surface area contributed by atoms with E-state index in [1.54, 1.807) is 18.9 Å². The third-order valence-corrected chi connectivity index (χ3v) is 16.4. The van der Waals surface area contributed by atoms with Crippen LogP contribution in [0.3, 0.4) is 0 Å². The van der Waals surface area contributed by atoms with Gasteiger partial charge in [-0.05, 0) is 0 Å². The summed E-state index contributed by atoms with van der Waals surface area (Å²) in [6.45, 7) is 4.93. The normalized spacial score (nSPS) is 13.5. The fourth-order valence-corrected chi connectivity index (χ4v) is 13.8. The molecule has 2 aliphatic rings. The molecule has 0 radical (unpaired) electrons. The van der Waals surface area contributed by atoms with Gasteiger partial charge in [-0.25, -0.2) is 0 Å². The zero-order valence-corrected chi connectivity index (χ0v) is 20.0. The van der Waals surface area contributed by atoms with Crippen molar-refractivity contribution in [1.82, 2.24) is 0 Å². The van der Waals surface area contributed by atoms with E-state index in [2.05, 4.69) is 98.8 Å². The van der Waals surface area contributed by atoms with E-state index in [0.717, 1.165) is 12.8 Å². The molecule has 0 saturated heterocycles. The van der Waals surface area contributed by atoms with Crippen LogP contribution in [0.5, 0.6) is 0 Å². The van der Waals surface area contributed by atoms with E-state index >= 15 is 0 Å². The van der Waals surface area contributed by atoms with Gasteiger partial charge in [-0.1, -0.05) is 0 Å². The van der Waals surface area contributed by atoms with Crippen LogP contribution in [0.25, 0.3) is 22.3 Å². The summed E-state index contributed by atoms with van der Waals surface area (Å²) in [6.07, 6.45) is 2.20. The Kier molecular flexibility index (Phi) is 4.56. The maximum absolute atomic E-state index is 2.56. The summed E-state index contributed by atoms with van der Waals surface area (Å²) < 4.78 is 6.05. The summed E-state index contributed by atoms with van der Waals surface area (Å²) in [5, 5.41) is 0. The molecular formula is C30H28Ti. The van der Waals surface area contributed by atoms with Gasteiger partial charge in [-0.3, -0.25) is 0 Å². The van der Waals surface area contributed by atoms with E-state index in [1.165, 1.54) is 42.8 Å². The monoisotopic (exact) mass is 436 g/mol. The van der Waals surface area contributed by atoms with Crippen molar-refractivity contribution in [1.29, 1.82) is 0 Å². The molecule has 0 amide bonds. The number of hydrogen-bond donors (Lipinski definition) is 0. The second-order valence-corrected chi connectivity index (χ2v) is 16.4. The Hall–Kier alpha value is -2.41. The molecule has 0 aliphatic heterocycles. The van der Waals surface area contributed by atoms with Crippen molar-refractivity contribution in [3.63, 3.8) is 0 Å². The SMILES string of the molecule is C[CH2][Ti]([CH2]C)([c]1cccc2c1Cc1ccccc1-2)[c]1cccc2c1Cc1ccccc1-2. The van der Waals surface area contributed by atoms with Crippen molar-refractivity contribution in [2.24, 2.45) is 0 Å². The average Bonchev–Trinajstić information content (AvgIpc) is 3.39. The molecular weight excluding hydrogens is 408 g/mol. The zero-order valence-electron chi connectivity index (χ0n) is 18.4. The second kappa shape index (κ2) is 7.33. The van der Waals surface area contributed by atoms with Gasteiger partial charge in [0.2, 0.25) is 0 Å². The molecule has 0 nitrogen and oxygen atoms in total. The summed E-state index contributed by atoms with van der Waals surface area (Å²) in [5.41, 5.74) is 12.1. The summed E-state index contributed by atoms with van der Waals surface area (Å²) in [5.74, 6) is 0. The minimum atomic E-state index is -2.56. The standard InChI is InChI=1S/2C13H9.2C2H5.Ti/c2*1-3-7-12-10(5-1)9-11-6-2-4-8-13(11)12;2*1-2;/h2*1-5,7-8H,9H2;2*1H2,2H3;. The first-order valence-corrected chi connectivity index (χ1v) is 15.4. The molecule has 0 aromatic heterocycles. The molecule has 4 aromatic rings. The van der Waals surface area contributed by atoms with E-state index in [9.17, 15) is 0 Å². The quantitative estimate of drug-likeness (QED) is 0.266. The summed E-state index contributed by atoms with van der Waals surface area (Å²) in [4.78, 5) is 0. The van der Waals surface area contributed by atoms with E-state index in [1.807, 2.05) is 0 Å². The molecule has 6 rings (SSSR count). The third-order valence-electron chi connectivity index (χ3n) is 7.94. The molecule has 4 aromatic carbocycles. The number of benzene rings is 4.